The summed E-state index contributed by atoms with van der Waals surface area (Å²) >= 11 is 0. The van der Waals surface area contributed by atoms with E-state index >= 15 is 0 Å². The number of ether oxygens (including phenoxy) is 2. The van der Waals surface area contributed by atoms with Crippen LogP contribution in [0.15, 0.2) is 18.2 Å². The Labute approximate surface area is 166 Å². The van der Waals surface area contributed by atoms with Gasteiger partial charge in [0.25, 0.3) is 0 Å². The van der Waals surface area contributed by atoms with Crippen LogP contribution in [0, 0.1) is 11.8 Å². The topological polar surface area (TPSA) is 93.9 Å². The van der Waals surface area contributed by atoms with Crippen LogP contribution in [0.4, 0.5) is 5.69 Å². The number of nitrogens with zero attached hydrogens (tertiary/aromatic N) is 1. The molecule has 1 aromatic carbocycles. The number of nitrogens with two attached hydrogens (primary N) is 1. The first kappa shape index (κ1) is 21.3. The Hall–Kier alpha value is -1.99. The van der Waals surface area contributed by atoms with Gasteiger partial charge in [0.2, 0.25) is 11.8 Å². The lowest BCUT2D eigenvalue weighted by Crippen LogP contribution is -2.43. The molecule has 2 fully saturated rings. The smallest absolute Gasteiger partial charge is 0.227 e. The average molecular weight is 398 g/mol. The van der Waals surface area contributed by atoms with Gasteiger partial charge in [-0.25, -0.2) is 0 Å². The highest BCUT2D eigenvalue weighted by molar-refractivity contribution is 6.01. The molecule has 1 saturated carbocycles. The van der Waals surface area contributed by atoms with Crippen LogP contribution >= 0.6 is 12.4 Å². The Balaban J connectivity index is 0.00000261. The molecule has 1 saturated heterocycles. The van der Waals surface area contributed by atoms with Crippen molar-refractivity contribution >= 4 is 29.9 Å². The van der Waals surface area contributed by atoms with E-state index < -0.39 is 0 Å². The quantitative estimate of drug-likeness (QED) is 0.762. The second kappa shape index (κ2) is 9.28. The van der Waals surface area contributed by atoms with Crippen molar-refractivity contribution in [1.82, 2.24) is 5.32 Å². The van der Waals surface area contributed by atoms with E-state index in [1.165, 1.54) is 0 Å². The number of rotatable bonds is 6. The zero-order chi connectivity index (χ0) is 18.7. The Morgan fingerprint density at radius 2 is 2.07 bits per heavy atom. The molecule has 0 radical (unpaired) electrons. The predicted molar refractivity (Wildman–Crippen MR) is 106 cm³/mol. The molecule has 1 aliphatic carbocycles. The van der Waals surface area contributed by atoms with Gasteiger partial charge >= 0.3 is 0 Å². The van der Waals surface area contributed by atoms with E-state index in [9.17, 15) is 9.59 Å². The minimum Gasteiger partial charge on any atom is -0.497 e. The van der Waals surface area contributed by atoms with Crippen LogP contribution in [0.25, 0.3) is 0 Å². The van der Waals surface area contributed by atoms with Gasteiger partial charge in [-0.05, 0) is 37.4 Å². The summed E-state index contributed by atoms with van der Waals surface area (Å²) in [7, 11) is 3.13. The van der Waals surface area contributed by atoms with Crippen LogP contribution in [0.2, 0.25) is 0 Å². The van der Waals surface area contributed by atoms with E-state index in [2.05, 4.69) is 5.32 Å². The van der Waals surface area contributed by atoms with Crippen LogP contribution in [0.3, 0.4) is 0 Å². The van der Waals surface area contributed by atoms with Crippen molar-refractivity contribution in [2.24, 2.45) is 17.6 Å². The molecular weight excluding hydrogens is 370 g/mol. The molecule has 2 amide bonds. The first-order chi connectivity index (χ1) is 12.6. The third-order valence-corrected chi connectivity index (χ3v) is 5.46. The average Bonchev–Trinajstić information content (AvgIpc) is 3.27. The number of carbonyl (C=O) groups excluding carboxylic acids is 2. The summed E-state index contributed by atoms with van der Waals surface area (Å²) in [4.78, 5) is 26.8. The molecule has 0 bridgehead atoms. The summed E-state index contributed by atoms with van der Waals surface area (Å²) in [5, 5.41) is 3.11. The van der Waals surface area contributed by atoms with Crippen molar-refractivity contribution in [3.8, 4) is 11.5 Å². The van der Waals surface area contributed by atoms with E-state index in [-0.39, 0.29) is 42.6 Å². The molecule has 1 aromatic rings. The number of hydrogen-bond donors (Lipinski definition) is 2. The van der Waals surface area contributed by atoms with Gasteiger partial charge in [-0.1, -0.05) is 6.42 Å². The molecule has 8 heteroatoms. The number of amides is 2. The molecule has 1 aliphatic heterocycles. The van der Waals surface area contributed by atoms with Crippen molar-refractivity contribution in [3.63, 3.8) is 0 Å². The molecule has 3 rings (SSSR count). The van der Waals surface area contributed by atoms with Gasteiger partial charge in [0.1, 0.15) is 11.5 Å². The number of benzene rings is 1. The fourth-order valence-corrected chi connectivity index (χ4v) is 3.93. The van der Waals surface area contributed by atoms with Gasteiger partial charge in [-0.2, -0.15) is 0 Å². The Morgan fingerprint density at radius 1 is 1.30 bits per heavy atom. The highest BCUT2D eigenvalue weighted by Crippen LogP contribution is 2.36. The lowest BCUT2D eigenvalue weighted by Gasteiger charge is -2.22. The number of nitrogens with one attached hydrogen (secondary N) is 1. The highest BCUT2D eigenvalue weighted by atomic mass is 35.5. The third kappa shape index (κ3) is 4.47. The fraction of sp³-hybridized carbons (Fsp3) is 0.579. The number of anilines is 1. The van der Waals surface area contributed by atoms with Crippen molar-refractivity contribution in [2.75, 3.05) is 32.2 Å². The maximum atomic E-state index is 12.7. The highest BCUT2D eigenvalue weighted by Gasteiger charge is 2.38. The van der Waals surface area contributed by atoms with Crippen molar-refractivity contribution in [1.29, 1.82) is 0 Å². The van der Waals surface area contributed by atoms with Crippen molar-refractivity contribution in [2.45, 2.75) is 31.7 Å². The van der Waals surface area contributed by atoms with E-state index in [0.717, 1.165) is 19.3 Å². The third-order valence-electron chi connectivity index (χ3n) is 5.46. The monoisotopic (exact) mass is 397 g/mol. The van der Waals surface area contributed by atoms with Gasteiger partial charge in [0, 0.05) is 25.1 Å². The molecular formula is C19H28ClN3O4. The van der Waals surface area contributed by atoms with Gasteiger partial charge in [-0.3, -0.25) is 9.59 Å². The lowest BCUT2D eigenvalue weighted by atomic mass is 10.0. The Bertz CT molecular complexity index is 685. The summed E-state index contributed by atoms with van der Waals surface area (Å²) in [5.74, 6) is 1.06. The molecule has 3 atom stereocenters. The largest absolute Gasteiger partial charge is 0.497 e. The number of carbonyl (C=O) groups is 2. The summed E-state index contributed by atoms with van der Waals surface area (Å²) in [6, 6.07) is 5.44. The van der Waals surface area contributed by atoms with Crippen LogP contribution in [0.1, 0.15) is 25.7 Å². The van der Waals surface area contributed by atoms with Gasteiger partial charge in [-0.15, -0.1) is 12.4 Å². The fourth-order valence-electron chi connectivity index (χ4n) is 3.93. The van der Waals surface area contributed by atoms with Crippen molar-refractivity contribution in [3.05, 3.63) is 18.2 Å². The Morgan fingerprint density at radius 3 is 2.74 bits per heavy atom. The number of hydrogen-bond acceptors (Lipinski definition) is 5. The molecule has 0 spiro atoms. The first-order valence-electron chi connectivity index (χ1n) is 9.10. The van der Waals surface area contributed by atoms with E-state index in [0.29, 0.717) is 36.2 Å². The molecule has 0 aromatic heterocycles. The molecule has 3 N–H and O–H groups in total. The second-order valence-electron chi connectivity index (χ2n) is 6.98. The zero-order valence-electron chi connectivity index (χ0n) is 15.8. The number of halogens is 1. The molecule has 27 heavy (non-hydrogen) atoms. The van der Waals surface area contributed by atoms with E-state index in [4.69, 9.17) is 15.2 Å². The van der Waals surface area contributed by atoms with E-state index in [1.807, 2.05) is 0 Å². The summed E-state index contributed by atoms with van der Waals surface area (Å²) in [6.45, 7) is 0.942. The molecule has 150 valence electrons. The molecule has 1 heterocycles. The van der Waals surface area contributed by atoms with Gasteiger partial charge in [0.15, 0.2) is 0 Å². The van der Waals surface area contributed by atoms with Crippen LogP contribution in [-0.2, 0) is 9.59 Å². The molecule has 3 unspecified atom stereocenters. The Kier molecular flexibility index (Phi) is 7.33. The SMILES string of the molecule is COc1ccc(N2CC(C(=O)NC3CCCC3CN)CC2=O)c(OC)c1.Cl. The minimum absolute atomic E-state index is 0. The van der Waals surface area contributed by atoms with Crippen LogP contribution in [0.5, 0.6) is 11.5 Å². The summed E-state index contributed by atoms with van der Waals surface area (Å²) < 4.78 is 10.6. The van der Waals surface area contributed by atoms with Crippen LogP contribution < -0.4 is 25.4 Å². The summed E-state index contributed by atoms with van der Waals surface area (Å²) in [5.41, 5.74) is 6.45. The maximum absolute atomic E-state index is 12.7. The predicted octanol–water partition coefficient (Wildman–Crippen LogP) is 1.72. The van der Waals surface area contributed by atoms with Crippen molar-refractivity contribution < 1.29 is 19.1 Å². The number of methoxy groups -OCH3 is 2. The molecule has 2 aliphatic rings. The van der Waals surface area contributed by atoms with Gasteiger partial charge in [0.05, 0.1) is 25.8 Å². The first-order valence-corrected chi connectivity index (χ1v) is 9.10. The maximum Gasteiger partial charge on any atom is 0.227 e. The van der Waals surface area contributed by atoms with Crippen LogP contribution in [-0.4, -0.2) is 45.2 Å². The normalized spacial score (nSPS) is 24.5. The van der Waals surface area contributed by atoms with Gasteiger partial charge < -0.3 is 25.4 Å². The lowest BCUT2D eigenvalue weighted by molar-refractivity contribution is -0.127. The standard InChI is InChI=1S/C19H27N3O4.ClH/c1-25-14-6-7-16(17(9-14)26-2)22-11-13(8-18(22)23)19(24)21-15-5-3-4-12(15)10-20;/h6-7,9,12-13,15H,3-5,8,10-11,20H2,1-2H3,(H,21,24);1H. The minimum atomic E-state index is -0.353. The second-order valence-corrected chi connectivity index (χ2v) is 6.98. The zero-order valence-corrected chi connectivity index (χ0v) is 16.6. The molecule has 7 nitrogen and oxygen atoms in total. The van der Waals surface area contributed by atoms with E-state index in [1.54, 1.807) is 37.3 Å². The summed E-state index contributed by atoms with van der Waals surface area (Å²) in [6.07, 6.45) is 3.32.